The van der Waals surface area contributed by atoms with E-state index in [1.54, 1.807) is 0 Å². The van der Waals surface area contributed by atoms with E-state index in [4.69, 9.17) is 4.74 Å². The number of halogens is 6. The molecule has 2 aliphatic carbocycles. The van der Waals surface area contributed by atoms with Crippen LogP contribution in [0.15, 0.2) is 66.7 Å². The Morgan fingerprint density at radius 2 is 1.20 bits per heavy atom. The number of hydrogen-bond donors (Lipinski definition) is 0. The van der Waals surface area contributed by atoms with E-state index in [2.05, 4.69) is 35.9 Å². The van der Waals surface area contributed by atoms with Crippen molar-refractivity contribution >= 4 is 0 Å². The Morgan fingerprint density at radius 1 is 0.644 bits per heavy atom. The maximum Gasteiger partial charge on any atom is 0.573 e. The van der Waals surface area contributed by atoms with Gasteiger partial charge in [0.15, 0.2) is 0 Å². The fourth-order valence-corrected chi connectivity index (χ4v) is 7.14. The van der Waals surface area contributed by atoms with Crippen LogP contribution in [0.25, 0.3) is 11.1 Å². The minimum absolute atomic E-state index is 0.0471. The van der Waals surface area contributed by atoms with Gasteiger partial charge in [0.25, 0.3) is 0 Å². The molecule has 0 heterocycles. The highest BCUT2D eigenvalue weighted by atomic mass is 19.4. The lowest BCUT2D eigenvalue weighted by molar-refractivity contribution is -0.274. The van der Waals surface area contributed by atoms with Crippen LogP contribution in [-0.4, -0.2) is 12.5 Å². The lowest BCUT2D eigenvalue weighted by Gasteiger charge is -2.33. The molecule has 0 aromatic heterocycles. The van der Waals surface area contributed by atoms with Crippen LogP contribution in [-0.2, 0) is 0 Å². The van der Waals surface area contributed by atoms with Gasteiger partial charge in [-0.05, 0) is 110 Å². The Kier molecular flexibility index (Phi) is 10.7. The molecule has 0 spiro atoms. The lowest BCUT2D eigenvalue weighted by Crippen LogP contribution is -2.37. The first kappa shape index (κ1) is 33.2. The minimum Gasteiger partial charge on any atom is -0.432 e. The van der Waals surface area contributed by atoms with E-state index < -0.39 is 30.0 Å². The van der Waals surface area contributed by atoms with Gasteiger partial charge in [0.2, 0.25) is 0 Å². The van der Waals surface area contributed by atoms with E-state index in [9.17, 15) is 17.6 Å². The molecule has 3 aromatic rings. The summed E-state index contributed by atoms with van der Waals surface area (Å²) < 4.78 is 91.3. The molecule has 2 fully saturated rings. The predicted molar refractivity (Wildman–Crippen MR) is 164 cm³/mol. The second kappa shape index (κ2) is 14.5. The summed E-state index contributed by atoms with van der Waals surface area (Å²) in [6.07, 6.45) is 3.99. The largest absolute Gasteiger partial charge is 0.573 e. The molecule has 0 saturated heterocycles. The van der Waals surface area contributed by atoms with Crippen molar-refractivity contribution in [1.82, 2.24) is 0 Å². The van der Waals surface area contributed by atoms with E-state index in [1.807, 2.05) is 0 Å². The number of benzene rings is 3. The van der Waals surface area contributed by atoms with Crippen molar-refractivity contribution in [3.63, 3.8) is 0 Å². The number of ether oxygens (including phenoxy) is 2. The zero-order chi connectivity index (χ0) is 32.0. The maximum absolute atomic E-state index is 15.2. The van der Waals surface area contributed by atoms with E-state index in [1.165, 1.54) is 86.8 Å². The van der Waals surface area contributed by atoms with Gasteiger partial charge in [-0.3, -0.25) is 0 Å². The van der Waals surface area contributed by atoms with Crippen LogP contribution in [0.5, 0.6) is 11.5 Å². The number of hydrogen-bond acceptors (Lipinski definition) is 2. The van der Waals surface area contributed by atoms with Crippen LogP contribution in [0.1, 0.15) is 107 Å². The van der Waals surface area contributed by atoms with Gasteiger partial charge in [0, 0.05) is 11.6 Å². The average Bonchev–Trinajstić information content (AvgIpc) is 3.01. The topological polar surface area (TPSA) is 18.5 Å². The Balaban J connectivity index is 1.11. The van der Waals surface area contributed by atoms with Gasteiger partial charge in [-0.2, -0.15) is 8.78 Å². The van der Waals surface area contributed by atoms with Crippen molar-refractivity contribution in [2.24, 2.45) is 11.8 Å². The summed E-state index contributed by atoms with van der Waals surface area (Å²) in [7, 11) is 0. The number of alkyl halides is 5. The molecule has 0 atom stereocenters. The molecular formula is C37H42F6O2. The third-order valence-electron chi connectivity index (χ3n) is 9.74. The maximum atomic E-state index is 15.2. The van der Waals surface area contributed by atoms with Crippen molar-refractivity contribution in [2.75, 3.05) is 0 Å². The molecule has 3 aromatic carbocycles. The summed E-state index contributed by atoms with van der Waals surface area (Å²) in [5.41, 5.74) is 2.91. The van der Waals surface area contributed by atoms with Crippen LogP contribution in [0.3, 0.4) is 0 Å². The minimum atomic E-state index is -4.84. The second-order valence-electron chi connectivity index (χ2n) is 12.8. The molecule has 0 N–H and O–H groups in total. The number of rotatable bonds is 11. The third kappa shape index (κ3) is 8.98. The fraction of sp³-hybridized carbons (Fsp3) is 0.514. The summed E-state index contributed by atoms with van der Waals surface area (Å²) in [5.74, 6) is -0.826. The van der Waals surface area contributed by atoms with Crippen molar-refractivity contribution in [2.45, 2.75) is 108 Å². The second-order valence-corrected chi connectivity index (χ2v) is 12.8. The molecule has 45 heavy (non-hydrogen) atoms. The molecule has 0 amide bonds. The van der Waals surface area contributed by atoms with E-state index in [0.717, 1.165) is 24.1 Å². The van der Waals surface area contributed by atoms with Gasteiger partial charge in [0.05, 0.1) is 5.92 Å². The predicted octanol–water partition coefficient (Wildman–Crippen LogP) is 12.2. The molecule has 0 aliphatic heterocycles. The fourth-order valence-electron chi connectivity index (χ4n) is 7.14. The van der Waals surface area contributed by atoms with Gasteiger partial charge in [-0.15, -0.1) is 13.2 Å². The molecule has 5 rings (SSSR count). The molecule has 2 aliphatic rings. The summed E-state index contributed by atoms with van der Waals surface area (Å²) in [6.45, 7) is 2.25. The average molecular weight is 633 g/mol. The van der Waals surface area contributed by atoms with Crippen LogP contribution in [0.4, 0.5) is 26.3 Å². The monoisotopic (exact) mass is 632 g/mol. The van der Waals surface area contributed by atoms with Gasteiger partial charge < -0.3 is 9.47 Å². The number of unbranched alkanes of at least 4 members (excludes halogenated alkanes) is 2. The van der Waals surface area contributed by atoms with Gasteiger partial charge in [0.1, 0.15) is 17.3 Å². The van der Waals surface area contributed by atoms with Gasteiger partial charge >= 0.3 is 12.5 Å². The first-order valence-corrected chi connectivity index (χ1v) is 16.3. The SMILES string of the molecule is CCCCCC1CCC(c2ccc(C3CCC(C(F)(F)Oc4ccc(-c5ccc(OC(F)(F)F)cc5)c(F)c4)CC3)cc2)CC1. The Labute approximate surface area is 262 Å². The Hall–Kier alpha value is -3.16. The van der Waals surface area contributed by atoms with Gasteiger partial charge in [-0.1, -0.05) is 69.0 Å². The smallest absolute Gasteiger partial charge is 0.432 e. The molecule has 244 valence electrons. The van der Waals surface area contributed by atoms with Crippen molar-refractivity contribution in [1.29, 1.82) is 0 Å². The molecule has 0 bridgehead atoms. The van der Waals surface area contributed by atoms with E-state index in [-0.39, 0.29) is 22.8 Å². The molecule has 0 unspecified atom stereocenters. The normalized spacial score (nSPS) is 22.6. The summed E-state index contributed by atoms with van der Waals surface area (Å²) in [4.78, 5) is 0. The van der Waals surface area contributed by atoms with Crippen molar-refractivity contribution in [3.8, 4) is 22.6 Å². The van der Waals surface area contributed by atoms with Crippen LogP contribution in [0.2, 0.25) is 0 Å². The van der Waals surface area contributed by atoms with Crippen LogP contribution in [0, 0.1) is 17.7 Å². The van der Waals surface area contributed by atoms with E-state index in [0.29, 0.717) is 31.6 Å². The summed E-state index contributed by atoms with van der Waals surface area (Å²) >= 11 is 0. The molecule has 2 nitrogen and oxygen atoms in total. The highest BCUT2D eigenvalue weighted by Gasteiger charge is 2.44. The highest BCUT2D eigenvalue weighted by Crippen LogP contribution is 2.44. The lowest BCUT2D eigenvalue weighted by atomic mass is 9.75. The van der Waals surface area contributed by atoms with Gasteiger partial charge in [-0.25, -0.2) is 4.39 Å². The molecule has 2 saturated carbocycles. The van der Waals surface area contributed by atoms with Crippen LogP contribution >= 0.6 is 0 Å². The highest BCUT2D eigenvalue weighted by molar-refractivity contribution is 5.65. The first-order valence-electron chi connectivity index (χ1n) is 16.3. The first-order chi connectivity index (χ1) is 21.5. The van der Waals surface area contributed by atoms with E-state index >= 15 is 8.78 Å². The van der Waals surface area contributed by atoms with Crippen LogP contribution < -0.4 is 9.47 Å². The van der Waals surface area contributed by atoms with Crippen molar-refractivity contribution < 1.29 is 35.8 Å². The Bertz CT molecular complexity index is 1350. The Morgan fingerprint density at radius 3 is 1.73 bits per heavy atom. The standard InChI is InChI=1S/C37H42F6O2/c1-2-3-4-5-25-6-8-26(9-7-25)27-10-12-28(13-11-27)29-14-18-31(19-15-29)36(39,40)44-33-22-23-34(35(38)24-33)30-16-20-32(21-17-30)45-37(41,42)43/h10-13,16-17,20-26,29,31H,2-9,14-15,18-19H2,1H3. The van der Waals surface area contributed by atoms with Crippen molar-refractivity contribution in [3.05, 3.63) is 83.7 Å². The quantitative estimate of drug-likeness (QED) is 0.155. The third-order valence-corrected chi connectivity index (χ3v) is 9.74. The zero-order valence-electron chi connectivity index (χ0n) is 25.7. The molecule has 0 radical (unpaired) electrons. The summed E-state index contributed by atoms with van der Waals surface area (Å²) in [5, 5.41) is 0. The zero-order valence-corrected chi connectivity index (χ0v) is 25.7. The summed E-state index contributed by atoms with van der Waals surface area (Å²) in [6, 6.07) is 16.9. The molecular weight excluding hydrogens is 590 g/mol. The molecule has 8 heteroatoms.